The summed E-state index contributed by atoms with van der Waals surface area (Å²) in [5, 5.41) is 21.6. The summed E-state index contributed by atoms with van der Waals surface area (Å²) < 4.78 is 5.55. The summed E-state index contributed by atoms with van der Waals surface area (Å²) in [6.07, 6.45) is -0.701. The van der Waals surface area contributed by atoms with E-state index in [-0.39, 0.29) is 36.9 Å². The van der Waals surface area contributed by atoms with Crippen LogP contribution in [-0.2, 0) is 9.53 Å². The highest BCUT2D eigenvalue weighted by Crippen LogP contribution is 2.44. The lowest BCUT2D eigenvalue weighted by Crippen LogP contribution is -2.67. The molecule has 8 heteroatoms. The summed E-state index contributed by atoms with van der Waals surface area (Å²) in [6.45, 7) is -0.505. The number of hydrogen-bond donors (Lipinski definition) is 3. The van der Waals surface area contributed by atoms with E-state index < -0.39 is 23.6 Å². The van der Waals surface area contributed by atoms with E-state index in [4.69, 9.17) is 9.84 Å². The van der Waals surface area contributed by atoms with Crippen molar-refractivity contribution < 1.29 is 29.3 Å². The van der Waals surface area contributed by atoms with Crippen molar-refractivity contribution >= 4 is 23.7 Å². The number of hydrogen-bond acceptors (Lipinski definition) is 5. The first kappa shape index (κ1) is 21.7. The molecule has 0 bridgehead atoms. The van der Waals surface area contributed by atoms with Gasteiger partial charge in [0.25, 0.3) is 5.91 Å². The van der Waals surface area contributed by atoms with E-state index in [9.17, 15) is 19.5 Å². The van der Waals surface area contributed by atoms with Crippen molar-refractivity contribution in [2.75, 3.05) is 25.0 Å². The molecule has 1 heterocycles. The topological polar surface area (TPSA) is 116 Å². The second-order valence-corrected chi connectivity index (χ2v) is 8.49. The number of anilines is 1. The third kappa shape index (κ3) is 3.68. The van der Waals surface area contributed by atoms with Gasteiger partial charge in [-0.3, -0.25) is 10.1 Å². The van der Waals surface area contributed by atoms with Crippen molar-refractivity contribution in [3.8, 4) is 11.1 Å². The zero-order valence-electron chi connectivity index (χ0n) is 18.1. The minimum absolute atomic E-state index is 0.0928. The minimum Gasteiger partial charge on any atom is -0.479 e. The van der Waals surface area contributed by atoms with E-state index in [2.05, 4.69) is 17.4 Å². The number of carboxylic acid groups (broad SMARTS) is 1. The average Bonchev–Trinajstić information content (AvgIpc) is 3.14. The van der Waals surface area contributed by atoms with Crippen molar-refractivity contribution in [2.24, 2.45) is 0 Å². The molecule has 34 heavy (non-hydrogen) atoms. The molecule has 3 aromatic rings. The van der Waals surface area contributed by atoms with Crippen molar-refractivity contribution in [2.45, 2.75) is 11.5 Å². The first-order chi connectivity index (χ1) is 16.4. The minimum atomic E-state index is -1.94. The molecule has 2 amide bonds. The molecule has 1 aliphatic heterocycles. The van der Waals surface area contributed by atoms with Crippen molar-refractivity contribution in [3.05, 3.63) is 89.5 Å². The van der Waals surface area contributed by atoms with Gasteiger partial charge >= 0.3 is 12.1 Å². The van der Waals surface area contributed by atoms with Gasteiger partial charge in [0, 0.05) is 5.92 Å². The number of nitrogens with zero attached hydrogens (tertiary/aromatic N) is 1. The van der Waals surface area contributed by atoms with Crippen LogP contribution in [0.25, 0.3) is 11.1 Å². The SMILES string of the molecule is O=C(Nc1ccccc1C(=O)N1CC(O)(C(=O)O)C1)OCC1c2ccccc2-c2ccccc21. The lowest BCUT2D eigenvalue weighted by Gasteiger charge is -2.43. The van der Waals surface area contributed by atoms with Gasteiger partial charge in [0.05, 0.1) is 24.3 Å². The first-order valence-corrected chi connectivity index (χ1v) is 10.8. The molecule has 0 saturated carbocycles. The van der Waals surface area contributed by atoms with E-state index in [1.807, 2.05) is 36.4 Å². The molecule has 0 unspecified atom stereocenters. The van der Waals surface area contributed by atoms with Gasteiger partial charge in [0.2, 0.25) is 0 Å². The molecule has 1 saturated heterocycles. The Kier molecular flexibility index (Phi) is 5.30. The largest absolute Gasteiger partial charge is 0.479 e. The summed E-state index contributed by atoms with van der Waals surface area (Å²) in [6, 6.07) is 22.4. The smallest absolute Gasteiger partial charge is 0.411 e. The third-order valence-corrected chi connectivity index (χ3v) is 6.33. The van der Waals surface area contributed by atoms with E-state index in [1.54, 1.807) is 18.2 Å². The Balaban J connectivity index is 1.27. The maximum absolute atomic E-state index is 12.8. The van der Waals surface area contributed by atoms with Crippen molar-refractivity contribution in [3.63, 3.8) is 0 Å². The molecule has 0 atom stereocenters. The standard InChI is InChI=1S/C26H22N2O6/c29-23(28-14-26(33,15-28)24(30)31)20-11-5-6-12-22(20)27-25(32)34-13-21-18-9-3-1-7-16(18)17-8-2-4-10-19(17)21/h1-12,21,33H,13-15H2,(H,27,32)(H,30,31). The summed E-state index contributed by atoms with van der Waals surface area (Å²) in [5.41, 5.74) is 2.92. The number of rotatable bonds is 5. The van der Waals surface area contributed by atoms with Crippen molar-refractivity contribution in [1.29, 1.82) is 0 Å². The fourth-order valence-corrected chi connectivity index (χ4v) is 4.56. The van der Waals surface area contributed by atoms with Crippen LogP contribution in [-0.4, -0.2) is 58.4 Å². The predicted molar refractivity (Wildman–Crippen MR) is 124 cm³/mol. The number of carbonyl (C=O) groups is 3. The number of carboxylic acids is 1. The highest BCUT2D eigenvalue weighted by atomic mass is 16.5. The van der Waals surface area contributed by atoms with E-state index >= 15 is 0 Å². The molecule has 172 valence electrons. The molecule has 0 radical (unpaired) electrons. The van der Waals surface area contributed by atoms with Crippen LogP contribution in [0.2, 0.25) is 0 Å². The van der Waals surface area contributed by atoms with Gasteiger partial charge < -0.3 is 19.8 Å². The summed E-state index contributed by atoms with van der Waals surface area (Å²) in [5.74, 6) is -1.95. The first-order valence-electron chi connectivity index (χ1n) is 10.8. The van der Waals surface area contributed by atoms with Gasteiger partial charge in [-0.15, -0.1) is 0 Å². The number of para-hydroxylation sites is 1. The fourth-order valence-electron chi connectivity index (χ4n) is 4.56. The summed E-state index contributed by atoms with van der Waals surface area (Å²) >= 11 is 0. The number of fused-ring (bicyclic) bond motifs is 3. The Morgan fingerprint density at radius 2 is 1.47 bits per heavy atom. The summed E-state index contributed by atoms with van der Waals surface area (Å²) in [4.78, 5) is 37.8. The molecule has 1 aliphatic carbocycles. The fraction of sp³-hybridized carbons (Fsp3) is 0.192. The van der Waals surface area contributed by atoms with Gasteiger partial charge in [-0.05, 0) is 34.4 Å². The number of ether oxygens (including phenoxy) is 1. The van der Waals surface area contributed by atoms with Gasteiger partial charge in [-0.25, -0.2) is 9.59 Å². The number of β-amino-alcohol motifs (C(OH)–C–C–N with tert-alkyl or cyclic N) is 1. The van der Waals surface area contributed by atoms with E-state index in [0.717, 1.165) is 22.3 Å². The Morgan fingerprint density at radius 1 is 0.912 bits per heavy atom. The van der Waals surface area contributed by atoms with Crippen LogP contribution < -0.4 is 5.32 Å². The quantitative estimate of drug-likeness (QED) is 0.540. The van der Waals surface area contributed by atoms with Gasteiger partial charge in [0.15, 0.2) is 5.60 Å². The second-order valence-electron chi connectivity index (χ2n) is 8.49. The zero-order valence-corrected chi connectivity index (χ0v) is 18.1. The Labute approximate surface area is 195 Å². The molecular weight excluding hydrogens is 436 g/mol. The number of aliphatic hydroxyl groups is 1. The lowest BCUT2D eigenvalue weighted by atomic mass is 9.93. The molecular formula is C26H22N2O6. The Hall–Kier alpha value is -4.17. The average molecular weight is 458 g/mol. The summed E-state index contributed by atoms with van der Waals surface area (Å²) in [7, 11) is 0. The molecule has 0 spiro atoms. The van der Waals surface area contributed by atoms with Crippen LogP contribution in [0, 0.1) is 0 Å². The molecule has 3 aromatic carbocycles. The molecule has 3 N–H and O–H groups in total. The van der Waals surface area contributed by atoms with Crippen LogP contribution >= 0.6 is 0 Å². The van der Waals surface area contributed by atoms with Crippen LogP contribution in [0.5, 0.6) is 0 Å². The molecule has 5 rings (SSSR count). The third-order valence-electron chi connectivity index (χ3n) is 6.33. The Morgan fingerprint density at radius 3 is 2.09 bits per heavy atom. The molecule has 8 nitrogen and oxygen atoms in total. The van der Waals surface area contributed by atoms with Crippen LogP contribution in [0.4, 0.5) is 10.5 Å². The van der Waals surface area contributed by atoms with Crippen LogP contribution in [0.1, 0.15) is 27.4 Å². The van der Waals surface area contributed by atoms with E-state index in [1.165, 1.54) is 11.0 Å². The highest BCUT2D eigenvalue weighted by molar-refractivity contribution is 6.03. The monoisotopic (exact) mass is 458 g/mol. The molecule has 0 aromatic heterocycles. The van der Waals surface area contributed by atoms with E-state index in [0.29, 0.717) is 0 Å². The maximum atomic E-state index is 12.8. The number of likely N-dealkylation sites (tertiary alicyclic amines) is 1. The lowest BCUT2D eigenvalue weighted by molar-refractivity contribution is -0.173. The van der Waals surface area contributed by atoms with Crippen LogP contribution in [0.3, 0.4) is 0 Å². The normalized spacial score (nSPS) is 15.6. The Bertz CT molecular complexity index is 1250. The second kappa shape index (κ2) is 8.31. The highest BCUT2D eigenvalue weighted by Gasteiger charge is 2.50. The number of benzene rings is 3. The number of amides is 2. The molecule has 1 fully saturated rings. The number of aliphatic carboxylic acids is 1. The van der Waals surface area contributed by atoms with Gasteiger partial charge in [0.1, 0.15) is 6.61 Å². The predicted octanol–water partition coefficient (Wildman–Crippen LogP) is 3.32. The number of carbonyl (C=O) groups excluding carboxylic acids is 2. The maximum Gasteiger partial charge on any atom is 0.411 e. The van der Waals surface area contributed by atoms with Gasteiger partial charge in [-0.2, -0.15) is 0 Å². The zero-order chi connectivity index (χ0) is 23.9. The number of nitrogens with one attached hydrogen (secondary N) is 1. The van der Waals surface area contributed by atoms with Crippen molar-refractivity contribution in [1.82, 2.24) is 4.90 Å². The van der Waals surface area contributed by atoms with Crippen LogP contribution in [0.15, 0.2) is 72.8 Å². The molecule has 2 aliphatic rings. The van der Waals surface area contributed by atoms with Gasteiger partial charge in [-0.1, -0.05) is 60.7 Å².